The molecular formula is C20H19NO3S2. The van der Waals surface area contributed by atoms with Gasteiger partial charge in [-0.25, -0.2) is 12.6 Å². The van der Waals surface area contributed by atoms with Gasteiger partial charge >= 0.3 is 0 Å². The fourth-order valence-electron chi connectivity index (χ4n) is 2.54. The molecule has 0 aliphatic rings. The highest BCUT2D eigenvalue weighted by atomic mass is 32.2. The summed E-state index contributed by atoms with van der Waals surface area (Å²) >= 11 is 0. The second-order valence-corrected chi connectivity index (χ2v) is 9.25. The van der Waals surface area contributed by atoms with Crippen LogP contribution in [0.4, 0.5) is 5.69 Å². The molecule has 0 radical (unpaired) electrons. The van der Waals surface area contributed by atoms with Crippen LogP contribution in [-0.2, 0) is 20.8 Å². The lowest BCUT2D eigenvalue weighted by Crippen LogP contribution is -2.27. The summed E-state index contributed by atoms with van der Waals surface area (Å²) in [6, 6.07) is 22.5. The Balaban J connectivity index is 2.04. The maximum atomic E-state index is 13.0. The van der Waals surface area contributed by atoms with E-state index in [9.17, 15) is 12.6 Å². The molecule has 0 saturated heterocycles. The van der Waals surface area contributed by atoms with Crippen LogP contribution in [0.25, 0.3) is 0 Å². The van der Waals surface area contributed by atoms with Crippen molar-refractivity contribution >= 4 is 26.5 Å². The highest BCUT2D eigenvalue weighted by Gasteiger charge is 2.24. The maximum Gasteiger partial charge on any atom is 0.264 e. The minimum absolute atomic E-state index is 0.193. The van der Waals surface area contributed by atoms with Gasteiger partial charge in [-0.1, -0.05) is 48.0 Å². The first-order chi connectivity index (χ1) is 12.4. The quantitative estimate of drug-likeness (QED) is 0.667. The van der Waals surface area contributed by atoms with Crippen LogP contribution in [0.15, 0.2) is 93.5 Å². The van der Waals surface area contributed by atoms with Crippen LogP contribution in [0.3, 0.4) is 0 Å². The molecule has 0 bridgehead atoms. The molecule has 0 aliphatic carbocycles. The maximum absolute atomic E-state index is 13.0. The Hall–Kier alpha value is -2.44. The molecular weight excluding hydrogens is 366 g/mol. The molecule has 4 nitrogen and oxygen atoms in total. The molecule has 0 fully saturated rings. The van der Waals surface area contributed by atoms with Crippen molar-refractivity contribution in [1.29, 1.82) is 0 Å². The molecule has 3 rings (SSSR count). The predicted molar refractivity (Wildman–Crippen MR) is 104 cm³/mol. The third-order valence-corrected chi connectivity index (χ3v) is 7.27. The Morgan fingerprint density at radius 3 is 2.04 bits per heavy atom. The van der Waals surface area contributed by atoms with Gasteiger partial charge in [0, 0.05) is 11.9 Å². The molecule has 3 aromatic carbocycles. The van der Waals surface area contributed by atoms with Crippen molar-refractivity contribution in [2.45, 2.75) is 21.6 Å². The summed E-state index contributed by atoms with van der Waals surface area (Å²) in [4.78, 5) is 1.28. The van der Waals surface area contributed by atoms with Gasteiger partial charge in [-0.3, -0.25) is 4.31 Å². The standard InChI is InChI=1S/C20H19NO3S2/c1-16-12-14-17(15-13-16)25(22)20-11-7-6-10-19(20)21(2)26(23,24)18-8-4-3-5-9-18/h3-15H,1-2H3. The van der Waals surface area contributed by atoms with E-state index in [1.807, 2.05) is 19.1 Å². The summed E-state index contributed by atoms with van der Waals surface area (Å²) in [6.07, 6.45) is 0. The van der Waals surface area contributed by atoms with Gasteiger partial charge in [0.1, 0.15) is 0 Å². The van der Waals surface area contributed by atoms with Gasteiger partial charge in [0.05, 0.1) is 26.3 Å². The normalized spacial score (nSPS) is 12.5. The van der Waals surface area contributed by atoms with Gasteiger partial charge in [-0.15, -0.1) is 0 Å². The average Bonchev–Trinajstić information content (AvgIpc) is 2.68. The lowest BCUT2D eigenvalue weighted by Gasteiger charge is -2.22. The predicted octanol–water partition coefficient (Wildman–Crippen LogP) is 3.99. The molecule has 0 N–H and O–H groups in total. The summed E-state index contributed by atoms with van der Waals surface area (Å²) in [5.74, 6) is 0. The van der Waals surface area contributed by atoms with Crippen LogP contribution in [0.5, 0.6) is 0 Å². The number of nitrogens with zero attached hydrogens (tertiary/aromatic N) is 1. The molecule has 26 heavy (non-hydrogen) atoms. The van der Waals surface area contributed by atoms with Crippen molar-refractivity contribution in [1.82, 2.24) is 0 Å². The Morgan fingerprint density at radius 1 is 0.808 bits per heavy atom. The molecule has 0 spiro atoms. The monoisotopic (exact) mass is 385 g/mol. The Labute approximate surface area is 156 Å². The van der Waals surface area contributed by atoms with Crippen LogP contribution in [-0.4, -0.2) is 19.7 Å². The van der Waals surface area contributed by atoms with E-state index in [1.165, 1.54) is 11.4 Å². The first-order valence-electron chi connectivity index (χ1n) is 8.03. The van der Waals surface area contributed by atoms with Crippen LogP contribution < -0.4 is 4.31 Å². The van der Waals surface area contributed by atoms with Crippen LogP contribution in [0, 0.1) is 6.92 Å². The lowest BCUT2D eigenvalue weighted by molar-refractivity contribution is 0.594. The van der Waals surface area contributed by atoms with Crippen molar-refractivity contribution in [2.24, 2.45) is 0 Å². The first kappa shape index (κ1) is 18.4. The summed E-state index contributed by atoms with van der Waals surface area (Å²) in [6.45, 7) is 1.96. The zero-order valence-corrected chi connectivity index (χ0v) is 16.1. The van der Waals surface area contributed by atoms with Gasteiger partial charge in [0.15, 0.2) is 0 Å². The van der Waals surface area contributed by atoms with Crippen LogP contribution in [0.2, 0.25) is 0 Å². The summed E-state index contributed by atoms with van der Waals surface area (Å²) < 4.78 is 40.1. The van der Waals surface area contributed by atoms with E-state index < -0.39 is 20.8 Å². The van der Waals surface area contributed by atoms with Gasteiger partial charge in [0.25, 0.3) is 10.0 Å². The molecule has 0 amide bonds. The Kier molecular flexibility index (Phi) is 5.25. The third kappa shape index (κ3) is 3.57. The summed E-state index contributed by atoms with van der Waals surface area (Å²) in [7, 11) is -3.74. The van der Waals surface area contributed by atoms with E-state index in [-0.39, 0.29) is 4.90 Å². The Morgan fingerprint density at radius 2 is 1.38 bits per heavy atom. The molecule has 0 saturated carbocycles. The van der Waals surface area contributed by atoms with E-state index in [0.29, 0.717) is 15.5 Å². The largest absolute Gasteiger partial charge is 0.268 e. The fraction of sp³-hybridized carbons (Fsp3) is 0.100. The van der Waals surface area contributed by atoms with Crippen molar-refractivity contribution in [3.63, 3.8) is 0 Å². The number of aryl methyl sites for hydroxylation is 1. The molecule has 0 aromatic heterocycles. The molecule has 1 atom stereocenters. The van der Waals surface area contributed by atoms with Crippen LogP contribution in [0.1, 0.15) is 5.56 Å². The minimum atomic E-state index is -3.74. The molecule has 134 valence electrons. The zero-order chi connectivity index (χ0) is 18.7. The highest BCUT2D eigenvalue weighted by molar-refractivity contribution is 7.93. The number of rotatable bonds is 5. The topological polar surface area (TPSA) is 54.5 Å². The number of hydrogen-bond donors (Lipinski definition) is 0. The molecule has 1 unspecified atom stereocenters. The van der Waals surface area contributed by atoms with E-state index in [2.05, 4.69) is 0 Å². The van der Waals surface area contributed by atoms with Crippen molar-refractivity contribution < 1.29 is 12.6 Å². The fourth-order valence-corrected chi connectivity index (χ4v) is 5.07. The van der Waals surface area contributed by atoms with Gasteiger partial charge in [-0.05, 0) is 43.3 Å². The second-order valence-electron chi connectivity index (χ2n) is 5.84. The Bertz CT molecular complexity index is 1030. The third-order valence-electron chi connectivity index (χ3n) is 4.04. The molecule has 3 aromatic rings. The van der Waals surface area contributed by atoms with Gasteiger partial charge in [0.2, 0.25) is 0 Å². The van der Waals surface area contributed by atoms with Crippen molar-refractivity contribution in [2.75, 3.05) is 11.4 Å². The number of hydrogen-bond acceptors (Lipinski definition) is 3. The second kappa shape index (κ2) is 7.43. The number of para-hydroxylation sites is 1. The van der Waals surface area contributed by atoms with E-state index in [4.69, 9.17) is 0 Å². The summed E-state index contributed by atoms with van der Waals surface area (Å²) in [5.41, 5.74) is 1.47. The summed E-state index contributed by atoms with van der Waals surface area (Å²) in [5, 5.41) is 0. The van der Waals surface area contributed by atoms with E-state index >= 15 is 0 Å². The smallest absolute Gasteiger partial charge is 0.264 e. The molecule has 0 aliphatic heterocycles. The van der Waals surface area contributed by atoms with Crippen LogP contribution >= 0.6 is 0 Å². The SMILES string of the molecule is Cc1ccc(S(=O)c2ccccc2N(C)S(=O)(=O)c2ccccc2)cc1. The number of anilines is 1. The van der Waals surface area contributed by atoms with Crippen molar-refractivity contribution in [3.05, 3.63) is 84.4 Å². The molecule has 6 heteroatoms. The van der Waals surface area contributed by atoms with Gasteiger partial charge in [-0.2, -0.15) is 0 Å². The lowest BCUT2D eigenvalue weighted by atomic mass is 10.2. The van der Waals surface area contributed by atoms with Gasteiger partial charge < -0.3 is 0 Å². The number of benzene rings is 3. The van der Waals surface area contributed by atoms with Crippen molar-refractivity contribution in [3.8, 4) is 0 Å². The number of sulfonamides is 1. The average molecular weight is 386 g/mol. The van der Waals surface area contributed by atoms with E-state index in [0.717, 1.165) is 5.56 Å². The molecule has 0 heterocycles. The first-order valence-corrected chi connectivity index (χ1v) is 10.6. The van der Waals surface area contributed by atoms with E-state index in [1.54, 1.807) is 66.7 Å². The minimum Gasteiger partial charge on any atom is -0.268 e. The highest BCUT2D eigenvalue weighted by Crippen LogP contribution is 2.30. The zero-order valence-electron chi connectivity index (χ0n) is 14.5.